The van der Waals surface area contributed by atoms with E-state index in [1.165, 1.54) is 18.6 Å². The standard InChI is InChI=1S/C13H9Cl2NO4/c14-9-2-1-3-10(12(9)15)16-11(17)7-20-13(18)8-4-5-19-6-8/h1-6H,7H2,(H,16,17). The van der Waals surface area contributed by atoms with Gasteiger partial charge in [0, 0.05) is 0 Å². The Morgan fingerprint density at radius 3 is 2.75 bits per heavy atom. The van der Waals surface area contributed by atoms with Crippen LogP contribution in [0.4, 0.5) is 5.69 Å². The van der Waals surface area contributed by atoms with Crippen molar-refractivity contribution in [3.8, 4) is 0 Å². The van der Waals surface area contributed by atoms with Gasteiger partial charge in [-0.15, -0.1) is 0 Å². The second-order valence-electron chi connectivity index (χ2n) is 3.74. The van der Waals surface area contributed by atoms with Crippen molar-refractivity contribution >= 4 is 40.8 Å². The van der Waals surface area contributed by atoms with E-state index in [2.05, 4.69) is 5.32 Å². The molecule has 1 aromatic heterocycles. The second kappa shape index (κ2) is 6.45. The maximum Gasteiger partial charge on any atom is 0.341 e. The van der Waals surface area contributed by atoms with Gasteiger partial charge in [0.25, 0.3) is 5.91 Å². The van der Waals surface area contributed by atoms with Gasteiger partial charge in [-0.2, -0.15) is 0 Å². The lowest BCUT2D eigenvalue weighted by atomic mass is 10.3. The predicted octanol–water partition coefficient (Wildman–Crippen LogP) is 3.38. The summed E-state index contributed by atoms with van der Waals surface area (Å²) in [6.45, 7) is -0.438. The summed E-state index contributed by atoms with van der Waals surface area (Å²) in [6.07, 6.45) is 2.57. The molecule has 0 spiro atoms. The molecule has 0 unspecified atom stereocenters. The smallest absolute Gasteiger partial charge is 0.341 e. The number of hydrogen-bond acceptors (Lipinski definition) is 4. The van der Waals surface area contributed by atoms with Crippen molar-refractivity contribution in [3.05, 3.63) is 52.4 Å². The number of benzene rings is 1. The van der Waals surface area contributed by atoms with E-state index in [0.717, 1.165) is 0 Å². The van der Waals surface area contributed by atoms with Crippen LogP contribution in [0.2, 0.25) is 10.0 Å². The SMILES string of the molecule is O=C(COC(=O)c1ccoc1)Nc1cccc(Cl)c1Cl. The Labute approximate surface area is 124 Å². The zero-order valence-electron chi connectivity index (χ0n) is 10.1. The normalized spacial score (nSPS) is 10.1. The van der Waals surface area contributed by atoms with E-state index < -0.39 is 18.5 Å². The number of halogens is 2. The molecular formula is C13H9Cl2NO4. The zero-order valence-corrected chi connectivity index (χ0v) is 11.6. The molecule has 0 aliphatic rings. The Morgan fingerprint density at radius 1 is 1.25 bits per heavy atom. The number of ether oxygens (including phenoxy) is 1. The molecule has 0 saturated carbocycles. The Hall–Kier alpha value is -1.98. The molecule has 20 heavy (non-hydrogen) atoms. The van der Waals surface area contributed by atoms with Crippen LogP contribution in [0.15, 0.2) is 41.2 Å². The van der Waals surface area contributed by atoms with Crippen LogP contribution in [0.25, 0.3) is 0 Å². The molecule has 0 radical (unpaired) electrons. The minimum atomic E-state index is -0.647. The molecule has 7 heteroatoms. The summed E-state index contributed by atoms with van der Waals surface area (Å²) in [5.74, 6) is -1.17. The molecule has 1 amide bonds. The first-order valence-corrected chi connectivity index (χ1v) is 6.26. The number of rotatable bonds is 4. The average Bonchev–Trinajstić information content (AvgIpc) is 2.95. The molecule has 2 rings (SSSR count). The fourth-order valence-electron chi connectivity index (χ4n) is 1.38. The molecule has 0 fully saturated rings. The summed E-state index contributed by atoms with van der Waals surface area (Å²) in [5.41, 5.74) is 0.585. The van der Waals surface area contributed by atoms with E-state index in [-0.39, 0.29) is 10.6 Å². The predicted molar refractivity (Wildman–Crippen MR) is 74.1 cm³/mol. The fourth-order valence-corrected chi connectivity index (χ4v) is 1.73. The lowest BCUT2D eigenvalue weighted by molar-refractivity contribution is -0.119. The topological polar surface area (TPSA) is 68.5 Å². The molecule has 5 nitrogen and oxygen atoms in total. The number of amides is 1. The Balaban J connectivity index is 1.90. The third-order valence-electron chi connectivity index (χ3n) is 2.32. The largest absolute Gasteiger partial charge is 0.472 e. The second-order valence-corrected chi connectivity index (χ2v) is 4.52. The molecule has 0 atom stereocenters. The Morgan fingerprint density at radius 2 is 2.05 bits per heavy atom. The van der Waals surface area contributed by atoms with Gasteiger partial charge in [-0.05, 0) is 18.2 Å². The summed E-state index contributed by atoms with van der Waals surface area (Å²) in [4.78, 5) is 23.1. The number of anilines is 1. The van der Waals surface area contributed by atoms with Crippen LogP contribution in [0.5, 0.6) is 0 Å². The van der Waals surface area contributed by atoms with Gasteiger partial charge in [0.1, 0.15) is 6.26 Å². The molecule has 1 heterocycles. The quantitative estimate of drug-likeness (QED) is 0.878. The molecule has 1 aromatic carbocycles. The molecule has 0 aliphatic carbocycles. The summed E-state index contributed by atoms with van der Waals surface area (Å²) in [6, 6.07) is 6.26. The average molecular weight is 314 g/mol. The number of nitrogens with one attached hydrogen (secondary N) is 1. The van der Waals surface area contributed by atoms with Gasteiger partial charge >= 0.3 is 5.97 Å². The van der Waals surface area contributed by atoms with Crippen molar-refractivity contribution in [2.24, 2.45) is 0 Å². The fraction of sp³-hybridized carbons (Fsp3) is 0.0769. The molecule has 104 valence electrons. The highest BCUT2D eigenvalue weighted by Crippen LogP contribution is 2.29. The number of carbonyl (C=O) groups excluding carboxylic acids is 2. The van der Waals surface area contributed by atoms with E-state index in [0.29, 0.717) is 10.7 Å². The van der Waals surface area contributed by atoms with Crippen LogP contribution >= 0.6 is 23.2 Å². The third kappa shape index (κ3) is 3.53. The van der Waals surface area contributed by atoms with Crippen molar-refractivity contribution in [2.75, 3.05) is 11.9 Å². The number of carbonyl (C=O) groups is 2. The van der Waals surface area contributed by atoms with Gasteiger partial charge in [-0.1, -0.05) is 29.3 Å². The zero-order chi connectivity index (χ0) is 14.5. The van der Waals surface area contributed by atoms with Gasteiger partial charge in [0.05, 0.1) is 27.6 Å². The first-order chi connectivity index (χ1) is 9.58. The number of hydrogen-bond donors (Lipinski definition) is 1. The van der Waals surface area contributed by atoms with E-state index in [1.54, 1.807) is 18.2 Å². The van der Waals surface area contributed by atoms with Gasteiger partial charge in [-0.25, -0.2) is 4.79 Å². The van der Waals surface area contributed by atoms with Crippen LogP contribution < -0.4 is 5.32 Å². The lowest BCUT2D eigenvalue weighted by Crippen LogP contribution is -2.20. The van der Waals surface area contributed by atoms with Crippen molar-refractivity contribution in [1.82, 2.24) is 0 Å². The maximum absolute atomic E-state index is 11.6. The molecule has 2 aromatic rings. The molecule has 0 bridgehead atoms. The molecule has 0 aliphatic heterocycles. The molecule has 1 N–H and O–H groups in total. The highest BCUT2D eigenvalue weighted by molar-refractivity contribution is 6.44. The summed E-state index contributed by atoms with van der Waals surface area (Å²) in [7, 11) is 0. The minimum Gasteiger partial charge on any atom is -0.472 e. The molecular weight excluding hydrogens is 305 g/mol. The summed E-state index contributed by atoms with van der Waals surface area (Å²) < 4.78 is 9.54. The first-order valence-electron chi connectivity index (χ1n) is 5.51. The van der Waals surface area contributed by atoms with E-state index in [1.807, 2.05) is 0 Å². The number of furan rings is 1. The molecule has 0 saturated heterocycles. The third-order valence-corrected chi connectivity index (χ3v) is 3.14. The van der Waals surface area contributed by atoms with Crippen molar-refractivity contribution in [2.45, 2.75) is 0 Å². The van der Waals surface area contributed by atoms with E-state index in [9.17, 15) is 9.59 Å². The van der Waals surface area contributed by atoms with Gasteiger partial charge in [-0.3, -0.25) is 4.79 Å². The maximum atomic E-state index is 11.6. The number of esters is 1. The Kier molecular flexibility index (Phi) is 4.65. The lowest BCUT2D eigenvalue weighted by Gasteiger charge is -2.08. The van der Waals surface area contributed by atoms with Crippen LogP contribution in [0, 0.1) is 0 Å². The van der Waals surface area contributed by atoms with Crippen LogP contribution in [0.1, 0.15) is 10.4 Å². The summed E-state index contributed by atoms with van der Waals surface area (Å²) >= 11 is 11.7. The monoisotopic (exact) mass is 313 g/mol. The van der Waals surface area contributed by atoms with Crippen molar-refractivity contribution in [1.29, 1.82) is 0 Å². The van der Waals surface area contributed by atoms with Gasteiger partial charge in [0.15, 0.2) is 6.61 Å². The van der Waals surface area contributed by atoms with Crippen LogP contribution in [0.3, 0.4) is 0 Å². The van der Waals surface area contributed by atoms with Crippen molar-refractivity contribution < 1.29 is 18.7 Å². The summed E-state index contributed by atoms with van der Waals surface area (Å²) in [5, 5.41) is 3.04. The highest BCUT2D eigenvalue weighted by atomic mass is 35.5. The minimum absolute atomic E-state index is 0.226. The van der Waals surface area contributed by atoms with Gasteiger partial charge < -0.3 is 14.5 Å². The van der Waals surface area contributed by atoms with Crippen LogP contribution in [-0.4, -0.2) is 18.5 Å². The van der Waals surface area contributed by atoms with E-state index >= 15 is 0 Å². The first kappa shape index (κ1) is 14.4. The highest BCUT2D eigenvalue weighted by Gasteiger charge is 2.12. The van der Waals surface area contributed by atoms with Crippen LogP contribution in [-0.2, 0) is 9.53 Å². The van der Waals surface area contributed by atoms with Gasteiger partial charge in [0.2, 0.25) is 0 Å². The van der Waals surface area contributed by atoms with Crippen molar-refractivity contribution in [3.63, 3.8) is 0 Å². The van der Waals surface area contributed by atoms with E-state index in [4.69, 9.17) is 32.4 Å². The Bertz CT molecular complexity index is 625.